The molecule has 0 N–H and O–H groups in total. The number of carbonyl (C=O) groups excluding carboxylic acids is 1. The second kappa shape index (κ2) is 8.20. The minimum Gasteiger partial charge on any atom is -0.462 e. The third-order valence-electron chi connectivity index (χ3n) is 4.51. The number of hydrogen-bond acceptors (Lipinski definition) is 4. The first kappa shape index (κ1) is 18.9. The highest BCUT2D eigenvalue weighted by Gasteiger charge is 2.19. The molecule has 1 aromatic carbocycles. The van der Waals surface area contributed by atoms with E-state index in [4.69, 9.17) is 4.74 Å². The predicted molar refractivity (Wildman–Crippen MR) is 104 cm³/mol. The number of carbonyl (C=O) groups is 1. The molecule has 3 rings (SSSR count). The SMILES string of the molecule is CCOC(=O)c1cn(CCCc2ccccc2)c2cc(C(C)C)nn2c1=O. The zero-order valence-corrected chi connectivity index (χ0v) is 16.0. The van der Waals surface area contributed by atoms with Gasteiger partial charge in [-0.15, -0.1) is 0 Å². The first-order chi connectivity index (χ1) is 13.0. The van der Waals surface area contributed by atoms with Crippen LogP contribution in [0.15, 0.2) is 47.4 Å². The van der Waals surface area contributed by atoms with Crippen molar-refractivity contribution in [3.8, 4) is 0 Å². The Hall–Kier alpha value is -2.89. The summed E-state index contributed by atoms with van der Waals surface area (Å²) >= 11 is 0. The second-order valence-electron chi connectivity index (χ2n) is 6.84. The van der Waals surface area contributed by atoms with Gasteiger partial charge in [0, 0.05) is 18.8 Å². The minimum absolute atomic E-state index is 0.0162. The van der Waals surface area contributed by atoms with Crippen LogP contribution < -0.4 is 5.56 Å². The molecule has 6 nitrogen and oxygen atoms in total. The third kappa shape index (κ3) is 4.10. The van der Waals surface area contributed by atoms with Crippen LogP contribution in [0.3, 0.4) is 0 Å². The smallest absolute Gasteiger partial charge is 0.345 e. The first-order valence-corrected chi connectivity index (χ1v) is 9.35. The van der Waals surface area contributed by atoms with Crippen molar-refractivity contribution in [1.29, 1.82) is 0 Å². The highest BCUT2D eigenvalue weighted by molar-refractivity contribution is 5.88. The van der Waals surface area contributed by atoms with E-state index in [9.17, 15) is 9.59 Å². The van der Waals surface area contributed by atoms with E-state index in [1.807, 2.05) is 42.7 Å². The van der Waals surface area contributed by atoms with Crippen molar-refractivity contribution in [3.05, 3.63) is 69.8 Å². The number of esters is 1. The number of nitrogens with zero attached hydrogens (tertiary/aromatic N) is 3. The fourth-order valence-corrected chi connectivity index (χ4v) is 3.04. The average molecular weight is 367 g/mol. The lowest BCUT2D eigenvalue weighted by Gasteiger charge is -2.11. The van der Waals surface area contributed by atoms with Crippen molar-refractivity contribution < 1.29 is 9.53 Å². The molecule has 0 fully saturated rings. The van der Waals surface area contributed by atoms with Crippen LogP contribution in [-0.4, -0.2) is 26.8 Å². The van der Waals surface area contributed by atoms with E-state index < -0.39 is 11.5 Å². The van der Waals surface area contributed by atoms with Crippen LogP contribution in [0.2, 0.25) is 0 Å². The molecule has 3 aromatic rings. The van der Waals surface area contributed by atoms with E-state index in [2.05, 4.69) is 17.2 Å². The number of rotatable bonds is 7. The van der Waals surface area contributed by atoms with Gasteiger partial charge in [0.25, 0.3) is 5.56 Å². The zero-order chi connectivity index (χ0) is 19.4. The Balaban J connectivity index is 1.97. The maximum atomic E-state index is 12.7. The van der Waals surface area contributed by atoms with Crippen molar-refractivity contribution >= 4 is 11.6 Å². The maximum absolute atomic E-state index is 12.7. The summed E-state index contributed by atoms with van der Waals surface area (Å²) in [5.74, 6) is -0.420. The molecule has 0 saturated heterocycles. The fraction of sp³-hybridized carbons (Fsp3) is 0.381. The largest absolute Gasteiger partial charge is 0.462 e. The summed E-state index contributed by atoms with van der Waals surface area (Å²) in [6.07, 6.45) is 3.40. The summed E-state index contributed by atoms with van der Waals surface area (Å²) < 4.78 is 8.30. The fourth-order valence-electron chi connectivity index (χ4n) is 3.04. The van der Waals surface area contributed by atoms with Gasteiger partial charge >= 0.3 is 5.97 Å². The molecule has 0 aliphatic rings. The van der Waals surface area contributed by atoms with E-state index in [-0.39, 0.29) is 18.1 Å². The number of hydrogen-bond donors (Lipinski definition) is 0. The Morgan fingerprint density at radius 2 is 1.96 bits per heavy atom. The molecule has 0 bridgehead atoms. The Kier molecular flexibility index (Phi) is 5.74. The normalized spacial score (nSPS) is 11.3. The highest BCUT2D eigenvalue weighted by atomic mass is 16.5. The molecule has 0 aliphatic heterocycles. The van der Waals surface area contributed by atoms with Gasteiger partial charge in [-0.05, 0) is 31.2 Å². The molecule has 0 saturated carbocycles. The molecular formula is C21H25N3O3. The number of aryl methyl sites for hydroxylation is 2. The Bertz CT molecular complexity index is 987. The van der Waals surface area contributed by atoms with Crippen LogP contribution in [-0.2, 0) is 17.7 Å². The molecule has 0 amide bonds. The number of fused-ring (bicyclic) bond motifs is 1. The molecule has 2 heterocycles. The van der Waals surface area contributed by atoms with Gasteiger partial charge < -0.3 is 9.30 Å². The number of aromatic nitrogens is 3. The van der Waals surface area contributed by atoms with Crippen molar-refractivity contribution in [2.24, 2.45) is 0 Å². The maximum Gasteiger partial charge on any atom is 0.345 e. The van der Waals surface area contributed by atoms with Crippen molar-refractivity contribution in [2.75, 3.05) is 6.61 Å². The molecule has 142 valence electrons. The van der Waals surface area contributed by atoms with Crippen molar-refractivity contribution in [2.45, 2.75) is 46.1 Å². The van der Waals surface area contributed by atoms with Crippen LogP contribution in [0.25, 0.3) is 5.65 Å². The van der Waals surface area contributed by atoms with E-state index in [0.717, 1.165) is 18.5 Å². The molecule has 27 heavy (non-hydrogen) atoms. The lowest BCUT2D eigenvalue weighted by atomic mass is 10.1. The van der Waals surface area contributed by atoms with Crippen LogP contribution in [0.5, 0.6) is 0 Å². The Labute approximate surface area is 158 Å². The van der Waals surface area contributed by atoms with Crippen molar-refractivity contribution in [1.82, 2.24) is 14.2 Å². The van der Waals surface area contributed by atoms with Gasteiger partial charge in [0.1, 0.15) is 11.2 Å². The van der Waals surface area contributed by atoms with Gasteiger partial charge in [0.15, 0.2) is 0 Å². The number of benzene rings is 1. The second-order valence-corrected chi connectivity index (χ2v) is 6.84. The zero-order valence-electron chi connectivity index (χ0n) is 16.0. The summed E-state index contributed by atoms with van der Waals surface area (Å²) in [6, 6.07) is 12.2. The van der Waals surface area contributed by atoms with E-state index in [1.54, 1.807) is 13.1 Å². The summed E-state index contributed by atoms with van der Waals surface area (Å²) in [4.78, 5) is 24.9. The lowest BCUT2D eigenvalue weighted by molar-refractivity contribution is 0.0522. The Morgan fingerprint density at radius 3 is 2.63 bits per heavy atom. The Morgan fingerprint density at radius 1 is 1.22 bits per heavy atom. The van der Waals surface area contributed by atoms with Crippen LogP contribution in [0, 0.1) is 0 Å². The summed E-state index contributed by atoms with van der Waals surface area (Å²) in [7, 11) is 0. The lowest BCUT2D eigenvalue weighted by Crippen LogP contribution is -2.27. The van der Waals surface area contributed by atoms with Gasteiger partial charge in [-0.2, -0.15) is 9.61 Å². The van der Waals surface area contributed by atoms with Gasteiger partial charge in [-0.25, -0.2) is 4.79 Å². The topological polar surface area (TPSA) is 65.6 Å². The molecular weight excluding hydrogens is 342 g/mol. The van der Waals surface area contributed by atoms with Gasteiger partial charge in [-0.3, -0.25) is 4.79 Å². The quantitative estimate of drug-likeness (QED) is 0.600. The number of ether oxygens (including phenoxy) is 1. The highest BCUT2D eigenvalue weighted by Crippen LogP contribution is 2.16. The minimum atomic E-state index is -0.609. The van der Waals surface area contributed by atoms with E-state index >= 15 is 0 Å². The summed E-state index contributed by atoms with van der Waals surface area (Å²) in [6.45, 7) is 6.67. The molecule has 0 radical (unpaired) electrons. The molecule has 0 aliphatic carbocycles. The molecule has 2 aromatic heterocycles. The van der Waals surface area contributed by atoms with Gasteiger partial charge in [0.05, 0.1) is 12.3 Å². The van der Waals surface area contributed by atoms with Crippen LogP contribution >= 0.6 is 0 Å². The molecule has 6 heteroatoms. The van der Waals surface area contributed by atoms with E-state index in [0.29, 0.717) is 12.2 Å². The third-order valence-corrected chi connectivity index (χ3v) is 4.51. The molecule has 0 atom stereocenters. The monoisotopic (exact) mass is 367 g/mol. The average Bonchev–Trinajstić information content (AvgIpc) is 3.11. The first-order valence-electron chi connectivity index (χ1n) is 9.35. The predicted octanol–water partition coefficient (Wildman–Crippen LogP) is 3.43. The summed E-state index contributed by atoms with van der Waals surface area (Å²) in [5, 5.41) is 4.42. The summed E-state index contributed by atoms with van der Waals surface area (Å²) in [5.41, 5.74) is 2.36. The molecule has 0 spiro atoms. The van der Waals surface area contributed by atoms with Crippen molar-refractivity contribution in [3.63, 3.8) is 0 Å². The van der Waals surface area contributed by atoms with Crippen LogP contribution in [0.4, 0.5) is 0 Å². The van der Waals surface area contributed by atoms with E-state index in [1.165, 1.54) is 10.1 Å². The molecule has 0 unspecified atom stereocenters. The van der Waals surface area contributed by atoms with Gasteiger partial charge in [0.2, 0.25) is 0 Å². The van der Waals surface area contributed by atoms with Gasteiger partial charge in [-0.1, -0.05) is 44.2 Å². The van der Waals surface area contributed by atoms with Crippen LogP contribution in [0.1, 0.15) is 54.7 Å². The standard InChI is InChI=1S/C21H25N3O3/c1-4-27-21(26)17-14-23(12-8-11-16-9-6-5-7-10-16)19-13-18(15(2)3)22-24(19)20(17)25/h5-7,9-10,13-15H,4,8,11-12H2,1-3H3.